The maximum atomic E-state index is 12.0. The Morgan fingerprint density at radius 2 is 2.05 bits per heavy atom. The van der Waals surface area contributed by atoms with Crippen LogP contribution in [0.15, 0.2) is 0 Å². The molecule has 0 aromatic rings. The first-order valence-electron chi connectivity index (χ1n) is 6.32. The highest BCUT2D eigenvalue weighted by Gasteiger charge is 2.35. The summed E-state index contributed by atoms with van der Waals surface area (Å²) in [4.78, 5) is 0. The fraction of sp³-hybridized carbons (Fsp3) is 1.00. The van der Waals surface area contributed by atoms with Crippen molar-refractivity contribution in [2.24, 2.45) is 0 Å². The van der Waals surface area contributed by atoms with Gasteiger partial charge in [0.25, 0.3) is 0 Å². The molecule has 0 N–H and O–H groups in total. The topological polar surface area (TPSA) is 37.4 Å². The summed E-state index contributed by atoms with van der Waals surface area (Å²) < 4.78 is 61.5. The minimum atomic E-state index is -4.30. The molecule has 1 aliphatic heterocycles. The van der Waals surface area contributed by atoms with Crippen LogP contribution in [-0.4, -0.2) is 42.6 Å². The van der Waals surface area contributed by atoms with Crippen LogP contribution >= 0.6 is 11.6 Å². The maximum Gasteiger partial charge on any atom is 0.389 e. The highest BCUT2D eigenvalue weighted by atomic mass is 35.5. The van der Waals surface area contributed by atoms with E-state index in [2.05, 4.69) is 0 Å². The van der Waals surface area contributed by atoms with Crippen molar-refractivity contribution in [2.45, 2.75) is 56.6 Å². The molecule has 1 fully saturated rings. The molecular formula is C11H19ClF3NO2S. The summed E-state index contributed by atoms with van der Waals surface area (Å²) in [5, 5.41) is -0.143. The van der Waals surface area contributed by atoms with Gasteiger partial charge in [0.15, 0.2) is 0 Å². The van der Waals surface area contributed by atoms with Gasteiger partial charge in [0.05, 0.1) is 5.75 Å². The third-order valence-electron chi connectivity index (χ3n) is 3.14. The SMILES string of the molecule is CC(Cl)CC1CCCN1S(=O)(=O)CCCC(F)(F)F. The van der Waals surface area contributed by atoms with E-state index in [1.807, 2.05) is 0 Å². The molecule has 0 spiro atoms. The lowest BCUT2D eigenvalue weighted by Crippen LogP contribution is -2.38. The number of sulfonamides is 1. The van der Waals surface area contributed by atoms with Crippen LogP contribution in [0.3, 0.4) is 0 Å². The zero-order valence-corrected chi connectivity index (χ0v) is 12.4. The lowest BCUT2D eigenvalue weighted by Gasteiger charge is -2.25. The van der Waals surface area contributed by atoms with E-state index in [-0.39, 0.29) is 17.8 Å². The predicted molar refractivity (Wildman–Crippen MR) is 68.7 cm³/mol. The van der Waals surface area contributed by atoms with Crippen molar-refractivity contribution in [3.63, 3.8) is 0 Å². The van der Waals surface area contributed by atoms with Gasteiger partial charge in [-0.1, -0.05) is 0 Å². The molecule has 2 atom stereocenters. The molecule has 0 bridgehead atoms. The van der Waals surface area contributed by atoms with Gasteiger partial charge >= 0.3 is 6.18 Å². The molecule has 8 heteroatoms. The van der Waals surface area contributed by atoms with Crippen LogP contribution < -0.4 is 0 Å². The van der Waals surface area contributed by atoms with Crippen LogP contribution in [0.2, 0.25) is 0 Å². The first-order valence-corrected chi connectivity index (χ1v) is 8.37. The molecule has 1 heterocycles. The van der Waals surface area contributed by atoms with Gasteiger partial charge in [-0.2, -0.15) is 17.5 Å². The van der Waals surface area contributed by atoms with E-state index < -0.39 is 28.4 Å². The smallest absolute Gasteiger partial charge is 0.212 e. The van der Waals surface area contributed by atoms with Crippen LogP contribution in [-0.2, 0) is 10.0 Å². The monoisotopic (exact) mass is 321 g/mol. The van der Waals surface area contributed by atoms with Crippen molar-refractivity contribution in [3.05, 3.63) is 0 Å². The van der Waals surface area contributed by atoms with Crippen molar-refractivity contribution in [1.29, 1.82) is 0 Å². The first kappa shape index (κ1) is 17.0. The van der Waals surface area contributed by atoms with Crippen molar-refractivity contribution in [1.82, 2.24) is 4.31 Å². The summed E-state index contributed by atoms with van der Waals surface area (Å²) in [6, 6.07) is -0.164. The Bertz CT molecular complexity index is 384. The van der Waals surface area contributed by atoms with Crippen LogP contribution in [0.1, 0.15) is 39.0 Å². The molecule has 0 aliphatic carbocycles. The maximum absolute atomic E-state index is 12.0. The standard InChI is InChI=1S/C11H19ClF3NO2S/c1-9(12)8-10-4-2-6-16(10)19(17,18)7-3-5-11(13,14)15/h9-10H,2-8H2,1H3. The van der Waals surface area contributed by atoms with Crippen molar-refractivity contribution >= 4 is 21.6 Å². The third kappa shape index (κ3) is 5.87. The van der Waals surface area contributed by atoms with Gasteiger partial charge in [0, 0.05) is 24.4 Å². The molecule has 0 amide bonds. The number of hydrogen-bond donors (Lipinski definition) is 0. The molecule has 114 valence electrons. The van der Waals surface area contributed by atoms with E-state index >= 15 is 0 Å². The van der Waals surface area contributed by atoms with Crippen LogP contribution in [0, 0.1) is 0 Å². The van der Waals surface area contributed by atoms with E-state index in [0.29, 0.717) is 13.0 Å². The molecule has 0 aromatic heterocycles. The average Bonchev–Trinajstić information content (AvgIpc) is 2.62. The van der Waals surface area contributed by atoms with E-state index in [9.17, 15) is 21.6 Å². The van der Waals surface area contributed by atoms with E-state index in [0.717, 1.165) is 12.8 Å². The molecule has 1 saturated heterocycles. The minimum absolute atomic E-state index is 0.143. The zero-order chi connectivity index (χ0) is 14.7. The van der Waals surface area contributed by atoms with Crippen LogP contribution in [0.5, 0.6) is 0 Å². The molecule has 1 rings (SSSR count). The summed E-state index contributed by atoms with van der Waals surface area (Å²) in [5.41, 5.74) is 0. The molecule has 0 radical (unpaired) electrons. The van der Waals surface area contributed by atoms with Crippen LogP contribution in [0.4, 0.5) is 13.2 Å². The van der Waals surface area contributed by atoms with E-state index in [4.69, 9.17) is 11.6 Å². The molecule has 19 heavy (non-hydrogen) atoms. The van der Waals surface area contributed by atoms with Gasteiger partial charge in [-0.25, -0.2) is 8.42 Å². The number of halogens is 4. The highest BCUT2D eigenvalue weighted by molar-refractivity contribution is 7.89. The number of nitrogens with zero attached hydrogens (tertiary/aromatic N) is 1. The van der Waals surface area contributed by atoms with E-state index in [1.165, 1.54) is 4.31 Å². The number of alkyl halides is 4. The first-order chi connectivity index (χ1) is 8.62. The molecule has 2 unspecified atom stereocenters. The summed E-state index contributed by atoms with van der Waals surface area (Å²) in [5.74, 6) is -0.445. The largest absolute Gasteiger partial charge is 0.389 e. The Balaban J connectivity index is 2.56. The Kier molecular flexibility index (Phi) is 5.95. The average molecular weight is 322 g/mol. The second-order valence-corrected chi connectivity index (χ2v) is 7.74. The fourth-order valence-corrected chi connectivity index (χ4v) is 4.36. The normalized spacial score (nSPS) is 23.7. The van der Waals surface area contributed by atoms with Gasteiger partial charge in [-0.3, -0.25) is 0 Å². The summed E-state index contributed by atoms with van der Waals surface area (Å²) in [6.07, 6.45) is -3.73. The zero-order valence-electron chi connectivity index (χ0n) is 10.8. The Morgan fingerprint density at radius 3 is 2.58 bits per heavy atom. The van der Waals surface area contributed by atoms with Gasteiger partial charge in [-0.05, 0) is 32.6 Å². The molecule has 0 saturated carbocycles. The molecular weight excluding hydrogens is 303 g/mol. The number of hydrogen-bond acceptors (Lipinski definition) is 2. The lowest BCUT2D eigenvalue weighted by molar-refractivity contribution is -0.134. The Hall–Kier alpha value is -0.0100. The summed E-state index contributed by atoms with van der Waals surface area (Å²) in [6.45, 7) is 2.18. The lowest BCUT2D eigenvalue weighted by atomic mass is 10.1. The van der Waals surface area contributed by atoms with Gasteiger partial charge < -0.3 is 0 Å². The van der Waals surface area contributed by atoms with Crippen molar-refractivity contribution < 1.29 is 21.6 Å². The quantitative estimate of drug-likeness (QED) is 0.705. The predicted octanol–water partition coefficient (Wildman–Crippen LogP) is 3.14. The fourth-order valence-electron chi connectivity index (χ4n) is 2.36. The Labute approximate surface area is 117 Å². The molecule has 1 aliphatic rings. The minimum Gasteiger partial charge on any atom is -0.212 e. The third-order valence-corrected chi connectivity index (χ3v) is 5.32. The van der Waals surface area contributed by atoms with Gasteiger partial charge in [0.2, 0.25) is 10.0 Å². The summed E-state index contributed by atoms with van der Waals surface area (Å²) >= 11 is 5.87. The van der Waals surface area contributed by atoms with Gasteiger partial charge in [0.1, 0.15) is 0 Å². The molecule has 0 aromatic carbocycles. The van der Waals surface area contributed by atoms with Crippen molar-refractivity contribution in [2.75, 3.05) is 12.3 Å². The molecule has 3 nitrogen and oxygen atoms in total. The van der Waals surface area contributed by atoms with Gasteiger partial charge in [-0.15, -0.1) is 11.6 Å². The number of rotatable bonds is 6. The summed E-state index contributed by atoms with van der Waals surface area (Å²) in [7, 11) is -3.60. The Morgan fingerprint density at radius 1 is 1.42 bits per heavy atom. The van der Waals surface area contributed by atoms with Crippen molar-refractivity contribution in [3.8, 4) is 0 Å². The highest BCUT2D eigenvalue weighted by Crippen LogP contribution is 2.28. The van der Waals surface area contributed by atoms with Crippen LogP contribution in [0.25, 0.3) is 0 Å². The second-order valence-electron chi connectivity index (χ2n) is 4.96. The van der Waals surface area contributed by atoms with E-state index in [1.54, 1.807) is 6.92 Å². The second kappa shape index (κ2) is 6.63.